The minimum absolute atomic E-state index is 0. The van der Waals surface area contributed by atoms with Crippen molar-refractivity contribution in [2.75, 3.05) is 6.16 Å². The van der Waals surface area contributed by atoms with Crippen molar-refractivity contribution in [3.63, 3.8) is 0 Å². The summed E-state index contributed by atoms with van der Waals surface area (Å²) in [6, 6.07) is 22.7. The molecule has 3 heteroatoms. The fourth-order valence-electron chi connectivity index (χ4n) is 1.37. The molecule has 0 radical (unpaired) electrons. The second-order valence-electron chi connectivity index (χ2n) is 3.74. The molecule has 1 nitrogen and oxygen atoms in total. The van der Waals surface area contributed by atoms with E-state index in [-0.39, 0.29) is 28.9 Å². The van der Waals surface area contributed by atoms with Crippen molar-refractivity contribution >= 4 is 8.46 Å². The van der Waals surface area contributed by atoms with Crippen LogP contribution < -0.4 is 0 Å². The van der Waals surface area contributed by atoms with Crippen molar-refractivity contribution in [3.8, 4) is 0 Å². The summed E-state index contributed by atoms with van der Waals surface area (Å²) in [6.45, 7) is 2.10. The third-order valence-electron chi connectivity index (χ3n) is 2.37. The minimum Gasteiger partial charge on any atom is -0.184 e. The molecule has 98 valence electrons. The van der Waals surface area contributed by atoms with Crippen LogP contribution in [0.3, 0.4) is 0 Å². The Morgan fingerprint density at radius 3 is 2.00 bits per heavy atom. The third kappa shape index (κ3) is 7.51. The Labute approximate surface area is 124 Å². The molecule has 0 spiro atoms. The summed E-state index contributed by atoms with van der Waals surface area (Å²) < 4.78 is 10.3. The predicted octanol–water partition coefficient (Wildman–Crippen LogP) is 4.30. The average Bonchev–Trinajstić information content (AvgIpc) is 2.43. The van der Waals surface area contributed by atoms with Gasteiger partial charge in [-0.25, -0.2) is 0 Å². The van der Waals surface area contributed by atoms with Gasteiger partial charge >= 0.3 is 8.46 Å². The Bertz CT molecular complexity index is 379. The molecule has 2 rings (SSSR count). The quantitative estimate of drug-likeness (QED) is 0.458. The van der Waals surface area contributed by atoms with E-state index in [1.165, 1.54) is 5.56 Å². The molecule has 0 aliphatic heterocycles. The first-order valence-corrected chi connectivity index (χ1v) is 6.77. The normalized spacial score (nSPS) is 10.7. The monoisotopic (exact) mass is 350 g/mol. The van der Waals surface area contributed by atoms with E-state index in [1.54, 1.807) is 0 Å². The first-order chi connectivity index (χ1) is 8.34. The summed E-state index contributed by atoms with van der Waals surface area (Å²) in [6.07, 6.45) is 0.768. The molecule has 0 heterocycles. The number of benzene rings is 2. The fraction of sp³-hybridized carbons (Fsp3) is 0.200. The van der Waals surface area contributed by atoms with E-state index >= 15 is 0 Å². The van der Waals surface area contributed by atoms with E-state index in [0.29, 0.717) is 5.92 Å². The molecule has 2 atom stereocenters. The van der Waals surface area contributed by atoms with Crippen LogP contribution in [0.25, 0.3) is 0 Å². The Kier molecular flexibility index (Phi) is 10.8. The summed E-state index contributed by atoms with van der Waals surface area (Å²) in [5.74, 6) is 0.423. The molecular weight excluding hydrogens is 334 g/mol. The maximum absolute atomic E-state index is 10.3. The van der Waals surface area contributed by atoms with Crippen LogP contribution >= 0.6 is 8.46 Å². The maximum Gasteiger partial charge on any atom is 0.325 e. The molecule has 0 aromatic heterocycles. The predicted molar refractivity (Wildman–Crippen MR) is 74.0 cm³/mol. The van der Waals surface area contributed by atoms with Gasteiger partial charge in [-0.15, -0.1) is 0 Å². The van der Waals surface area contributed by atoms with Crippen molar-refractivity contribution < 1.29 is 25.0 Å². The maximum atomic E-state index is 10.3. The molecule has 0 aliphatic carbocycles. The summed E-state index contributed by atoms with van der Waals surface area (Å²) in [7, 11) is -0.186. The summed E-state index contributed by atoms with van der Waals surface area (Å²) in [5, 5.41) is 0. The third-order valence-corrected chi connectivity index (χ3v) is 3.14. The van der Waals surface area contributed by atoms with Crippen molar-refractivity contribution in [2.24, 2.45) is 0 Å². The van der Waals surface area contributed by atoms with E-state index in [9.17, 15) is 4.57 Å². The van der Waals surface area contributed by atoms with Crippen LogP contribution in [-0.4, -0.2) is 6.16 Å². The van der Waals surface area contributed by atoms with Crippen molar-refractivity contribution in [1.29, 1.82) is 0 Å². The van der Waals surface area contributed by atoms with Crippen LogP contribution in [0, 0.1) is 6.07 Å². The van der Waals surface area contributed by atoms with Gasteiger partial charge in [-0.2, -0.15) is 36.4 Å². The van der Waals surface area contributed by atoms with Gasteiger partial charge in [-0.1, -0.05) is 41.8 Å². The van der Waals surface area contributed by atoms with Crippen LogP contribution in [0.5, 0.6) is 0 Å². The van der Waals surface area contributed by atoms with Crippen LogP contribution in [-0.2, 0) is 25.0 Å². The fourth-order valence-corrected chi connectivity index (χ4v) is 1.85. The van der Waals surface area contributed by atoms with E-state index in [4.69, 9.17) is 0 Å². The zero-order valence-corrected chi connectivity index (χ0v) is 12.8. The average molecular weight is 351 g/mol. The molecule has 2 unspecified atom stereocenters. The summed E-state index contributed by atoms with van der Waals surface area (Å²) in [5.41, 5.74) is 1.27. The molecular formula is C15H17OPPd. The summed E-state index contributed by atoms with van der Waals surface area (Å²) >= 11 is 0. The van der Waals surface area contributed by atoms with Crippen LogP contribution in [0.15, 0.2) is 60.7 Å². The van der Waals surface area contributed by atoms with Gasteiger partial charge in [-0.05, 0) is 5.56 Å². The van der Waals surface area contributed by atoms with Gasteiger partial charge in [0.2, 0.25) is 0 Å². The van der Waals surface area contributed by atoms with Gasteiger partial charge in [0.25, 0.3) is 0 Å². The molecule has 0 fully saturated rings. The molecule has 2 aromatic carbocycles. The Balaban J connectivity index is 0.000000352. The molecule has 0 amide bonds. The van der Waals surface area contributed by atoms with Gasteiger partial charge in [0.1, 0.15) is 6.16 Å². The van der Waals surface area contributed by atoms with E-state index < -0.39 is 0 Å². The zero-order valence-electron chi connectivity index (χ0n) is 10.3. The number of rotatable bonds is 3. The van der Waals surface area contributed by atoms with Gasteiger partial charge < -0.3 is 0 Å². The van der Waals surface area contributed by atoms with Gasteiger partial charge in [-0.3, -0.25) is 0 Å². The zero-order chi connectivity index (χ0) is 12.3. The topological polar surface area (TPSA) is 17.1 Å². The van der Waals surface area contributed by atoms with E-state index in [1.807, 2.05) is 48.5 Å². The molecule has 0 saturated carbocycles. The second-order valence-corrected chi connectivity index (χ2v) is 4.43. The Morgan fingerprint density at radius 2 is 1.61 bits per heavy atom. The summed E-state index contributed by atoms with van der Waals surface area (Å²) in [4.78, 5) is 0. The first kappa shape index (κ1) is 17.2. The van der Waals surface area contributed by atoms with Crippen LogP contribution in [0.2, 0.25) is 0 Å². The molecule has 18 heavy (non-hydrogen) atoms. The molecule has 0 saturated heterocycles. The van der Waals surface area contributed by atoms with Crippen molar-refractivity contribution in [1.82, 2.24) is 0 Å². The number of hydrogen-bond donors (Lipinski definition) is 0. The molecule has 0 aliphatic rings. The smallest absolute Gasteiger partial charge is 0.184 e. The second kappa shape index (κ2) is 11.3. The largest absolute Gasteiger partial charge is 0.325 e. The van der Waals surface area contributed by atoms with Crippen LogP contribution in [0.1, 0.15) is 18.4 Å². The Hall–Kier alpha value is -0.798. The van der Waals surface area contributed by atoms with Crippen molar-refractivity contribution in [3.05, 3.63) is 72.3 Å². The molecule has 2 aromatic rings. The standard InChI is InChI=1S/C9H11OP.C6H5.Pd/c1-8(7-11-10)9-5-3-2-4-6-9;1-2-4-6-5-3-1;/h2-6,8H,7H2,1H3;1-5H;/q;-1;/p+1. The minimum atomic E-state index is -0.186. The number of hydrogen-bond acceptors (Lipinski definition) is 1. The van der Waals surface area contributed by atoms with Gasteiger partial charge in [0.15, 0.2) is 0 Å². The SMILES string of the molecule is CC(C[PH+]=O)c1ccccc1.[Pd].[c-]1ccccc1. The van der Waals surface area contributed by atoms with E-state index in [0.717, 1.165) is 6.16 Å². The molecule has 0 bridgehead atoms. The van der Waals surface area contributed by atoms with Crippen molar-refractivity contribution in [2.45, 2.75) is 12.8 Å². The first-order valence-electron chi connectivity index (χ1n) is 5.65. The molecule has 0 N–H and O–H groups in total. The van der Waals surface area contributed by atoms with Gasteiger partial charge in [0.05, 0.1) is 0 Å². The van der Waals surface area contributed by atoms with Crippen LogP contribution in [0.4, 0.5) is 0 Å². The van der Waals surface area contributed by atoms with Gasteiger partial charge in [0, 0.05) is 26.3 Å². The Morgan fingerprint density at radius 1 is 1.06 bits per heavy atom. The van der Waals surface area contributed by atoms with E-state index in [2.05, 4.69) is 25.1 Å².